The Bertz CT molecular complexity index is 900. The van der Waals surface area contributed by atoms with Gasteiger partial charge in [-0.1, -0.05) is 18.2 Å². The van der Waals surface area contributed by atoms with Crippen molar-refractivity contribution >= 4 is 17.5 Å². The van der Waals surface area contributed by atoms with Gasteiger partial charge in [-0.2, -0.15) is 5.10 Å². The van der Waals surface area contributed by atoms with Crippen molar-refractivity contribution in [3.05, 3.63) is 47.2 Å². The molecule has 0 radical (unpaired) electrons. The maximum Gasteiger partial charge on any atom is 0.164 e. The fourth-order valence-corrected chi connectivity index (χ4v) is 2.93. The molecule has 0 unspecified atom stereocenters. The van der Waals surface area contributed by atoms with Crippen molar-refractivity contribution < 1.29 is 4.74 Å². The Morgan fingerprint density at radius 3 is 2.44 bits per heavy atom. The van der Waals surface area contributed by atoms with Crippen LogP contribution < -0.4 is 10.2 Å². The third-order valence-electron chi connectivity index (χ3n) is 4.40. The first-order valence-electron chi connectivity index (χ1n) is 8.92. The topological polar surface area (TPSA) is 79.0 Å². The van der Waals surface area contributed by atoms with Crippen LogP contribution in [0.15, 0.2) is 30.3 Å². The van der Waals surface area contributed by atoms with Gasteiger partial charge >= 0.3 is 0 Å². The van der Waals surface area contributed by atoms with Crippen LogP contribution in [0, 0.1) is 20.8 Å². The molecule has 3 rings (SSSR count). The predicted molar refractivity (Wildman–Crippen MR) is 109 cm³/mol. The third kappa shape index (κ3) is 4.43. The van der Waals surface area contributed by atoms with Crippen LogP contribution in [0.2, 0.25) is 0 Å². The average Bonchev–Trinajstić information content (AvgIpc) is 3.04. The largest absolute Gasteiger partial charge is 0.383 e. The molecule has 0 saturated carbocycles. The summed E-state index contributed by atoms with van der Waals surface area (Å²) in [5.74, 6) is 2.95. The van der Waals surface area contributed by atoms with E-state index in [1.165, 1.54) is 0 Å². The molecule has 0 aliphatic heterocycles. The first-order chi connectivity index (χ1) is 13.0. The van der Waals surface area contributed by atoms with Gasteiger partial charge in [0.25, 0.3) is 0 Å². The van der Waals surface area contributed by atoms with Crippen molar-refractivity contribution in [1.29, 1.82) is 0 Å². The van der Waals surface area contributed by atoms with Crippen LogP contribution in [0.1, 0.15) is 16.8 Å². The minimum Gasteiger partial charge on any atom is -0.383 e. The molecule has 0 saturated heterocycles. The summed E-state index contributed by atoms with van der Waals surface area (Å²) in [6.45, 7) is 7.49. The van der Waals surface area contributed by atoms with E-state index < -0.39 is 0 Å². The Labute approximate surface area is 159 Å². The predicted octanol–water partition coefficient (Wildman–Crippen LogP) is 3.62. The molecule has 0 spiro atoms. The van der Waals surface area contributed by atoms with Gasteiger partial charge in [0.05, 0.1) is 6.61 Å². The number of hydrogen-bond acceptors (Lipinski definition) is 6. The number of rotatable bonds is 7. The fraction of sp³-hybridized carbons (Fsp3) is 0.350. The van der Waals surface area contributed by atoms with E-state index in [1.54, 1.807) is 7.11 Å². The molecule has 0 amide bonds. The second-order valence-corrected chi connectivity index (χ2v) is 6.68. The van der Waals surface area contributed by atoms with E-state index in [1.807, 2.05) is 32.2 Å². The van der Waals surface area contributed by atoms with Gasteiger partial charge in [0, 0.05) is 44.1 Å². The molecule has 3 aromatic rings. The molecule has 0 atom stereocenters. The summed E-state index contributed by atoms with van der Waals surface area (Å²) in [5, 5.41) is 10.5. The SMILES string of the molecule is COCCN(C)c1cc(Nc2cc(C)[nH]n2)nc(-c2c(C)cccc2C)n1. The third-order valence-corrected chi connectivity index (χ3v) is 4.40. The number of anilines is 3. The Morgan fingerprint density at radius 1 is 1.07 bits per heavy atom. The molecule has 2 aromatic heterocycles. The lowest BCUT2D eigenvalue weighted by Gasteiger charge is -2.20. The molecule has 0 aliphatic carbocycles. The highest BCUT2D eigenvalue weighted by molar-refractivity contribution is 5.69. The summed E-state index contributed by atoms with van der Waals surface area (Å²) in [7, 11) is 3.70. The van der Waals surface area contributed by atoms with E-state index in [-0.39, 0.29) is 0 Å². The van der Waals surface area contributed by atoms with Crippen molar-refractivity contribution in [2.45, 2.75) is 20.8 Å². The first-order valence-corrected chi connectivity index (χ1v) is 8.92. The zero-order chi connectivity index (χ0) is 19.4. The van der Waals surface area contributed by atoms with Crippen LogP contribution in [0.4, 0.5) is 17.5 Å². The van der Waals surface area contributed by atoms with Gasteiger partial charge in [-0.15, -0.1) is 0 Å². The molecule has 27 heavy (non-hydrogen) atoms. The summed E-state index contributed by atoms with van der Waals surface area (Å²) in [6, 6.07) is 10.1. The number of H-pyrrole nitrogens is 1. The smallest absolute Gasteiger partial charge is 0.164 e. The molecule has 7 nitrogen and oxygen atoms in total. The lowest BCUT2D eigenvalue weighted by Crippen LogP contribution is -2.23. The Hall–Kier alpha value is -2.93. The molecule has 2 heterocycles. The van der Waals surface area contributed by atoms with E-state index in [2.05, 4.69) is 46.4 Å². The van der Waals surface area contributed by atoms with Gasteiger partial charge in [0.15, 0.2) is 11.6 Å². The van der Waals surface area contributed by atoms with Crippen LogP contribution in [0.5, 0.6) is 0 Å². The maximum absolute atomic E-state index is 5.20. The number of benzene rings is 1. The monoisotopic (exact) mass is 366 g/mol. The number of aromatic nitrogens is 4. The lowest BCUT2D eigenvalue weighted by molar-refractivity contribution is 0.206. The molecule has 7 heteroatoms. The molecule has 2 N–H and O–H groups in total. The molecule has 142 valence electrons. The molecular formula is C20H26N6O. The van der Waals surface area contributed by atoms with Crippen LogP contribution in [0.25, 0.3) is 11.4 Å². The normalized spacial score (nSPS) is 10.9. The standard InChI is InChI=1S/C20H26N6O/c1-13-7-6-8-14(2)19(13)20-22-16(21-17-11-15(3)24-25-17)12-18(23-20)26(4)9-10-27-5/h6-8,11-12H,9-10H2,1-5H3,(H2,21,22,23,24,25). The quantitative estimate of drug-likeness (QED) is 0.665. The highest BCUT2D eigenvalue weighted by atomic mass is 16.5. The van der Waals surface area contributed by atoms with Crippen LogP contribution in [0.3, 0.4) is 0 Å². The van der Waals surface area contributed by atoms with Crippen molar-refractivity contribution in [2.24, 2.45) is 0 Å². The van der Waals surface area contributed by atoms with Crippen LogP contribution in [-0.4, -0.2) is 47.5 Å². The van der Waals surface area contributed by atoms with E-state index in [4.69, 9.17) is 14.7 Å². The van der Waals surface area contributed by atoms with Gasteiger partial charge in [0.1, 0.15) is 11.6 Å². The summed E-state index contributed by atoms with van der Waals surface area (Å²) >= 11 is 0. The van der Waals surface area contributed by atoms with Gasteiger partial charge in [0.2, 0.25) is 0 Å². The molecule has 0 aliphatic rings. The first kappa shape index (κ1) is 18.8. The molecule has 0 fully saturated rings. The number of nitrogens with one attached hydrogen (secondary N) is 2. The van der Waals surface area contributed by atoms with Gasteiger partial charge < -0.3 is 15.0 Å². The number of nitrogens with zero attached hydrogens (tertiary/aromatic N) is 4. The van der Waals surface area contributed by atoms with E-state index in [0.717, 1.165) is 40.6 Å². The average molecular weight is 366 g/mol. The number of aromatic amines is 1. The van der Waals surface area contributed by atoms with Crippen LogP contribution in [-0.2, 0) is 4.74 Å². The van der Waals surface area contributed by atoms with Gasteiger partial charge in [-0.05, 0) is 31.9 Å². The van der Waals surface area contributed by atoms with Gasteiger partial charge in [-0.3, -0.25) is 5.10 Å². The van der Waals surface area contributed by atoms with Crippen LogP contribution >= 0.6 is 0 Å². The number of ether oxygens (including phenoxy) is 1. The number of aryl methyl sites for hydroxylation is 3. The number of hydrogen-bond donors (Lipinski definition) is 2. The minimum absolute atomic E-state index is 0.626. The Kier molecular flexibility index (Phi) is 5.71. The number of likely N-dealkylation sites (N-methyl/N-ethyl adjacent to an activating group) is 1. The summed E-state index contributed by atoms with van der Waals surface area (Å²) in [4.78, 5) is 11.6. The van der Waals surface area contributed by atoms with E-state index in [0.29, 0.717) is 18.2 Å². The van der Waals surface area contributed by atoms with E-state index >= 15 is 0 Å². The lowest BCUT2D eigenvalue weighted by atomic mass is 10.0. The molecule has 1 aromatic carbocycles. The zero-order valence-electron chi connectivity index (χ0n) is 16.5. The zero-order valence-corrected chi connectivity index (χ0v) is 16.5. The maximum atomic E-state index is 5.20. The molecular weight excluding hydrogens is 340 g/mol. The van der Waals surface area contributed by atoms with Crippen molar-refractivity contribution in [1.82, 2.24) is 20.2 Å². The highest BCUT2D eigenvalue weighted by Crippen LogP contribution is 2.28. The van der Waals surface area contributed by atoms with Crippen molar-refractivity contribution in [2.75, 3.05) is 37.5 Å². The Morgan fingerprint density at radius 2 is 1.81 bits per heavy atom. The van der Waals surface area contributed by atoms with Crippen molar-refractivity contribution in [3.8, 4) is 11.4 Å². The summed E-state index contributed by atoms with van der Waals surface area (Å²) in [5.41, 5.74) is 4.33. The second kappa shape index (κ2) is 8.18. The Balaban J connectivity index is 2.04. The minimum atomic E-state index is 0.626. The van der Waals surface area contributed by atoms with E-state index in [9.17, 15) is 0 Å². The van der Waals surface area contributed by atoms with Crippen molar-refractivity contribution in [3.63, 3.8) is 0 Å². The molecule has 0 bridgehead atoms. The second-order valence-electron chi connectivity index (χ2n) is 6.68. The van der Waals surface area contributed by atoms with Gasteiger partial charge in [-0.25, -0.2) is 9.97 Å². The summed E-state index contributed by atoms with van der Waals surface area (Å²) < 4.78 is 5.20. The summed E-state index contributed by atoms with van der Waals surface area (Å²) in [6.07, 6.45) is 0. The number of methoxy groups -OCH3 is 1. The highest BCUT2D eigenvalue weighted by Gasteiger charge is 2.14. The fourth-order valence-electron chi connectivity index (χ4n) is 2.93.